The predicted octanol–water partition coefficient (Wildman–Crippen LogP) is 4.47. The molecule has 1 saturated heterocycles. The molecule has 1 aliphatic heterocycles. The van der Waals surface area contributed by atoms with Gasteiger partial charge in [-0.15, -0.1) is 0 Å². The number of nitrogens with zero attached hydrogens (tertiary/aromatic N) is 4. The Kier molecular flexibility index (Phi) is 8.61. The fourth-order valence-electron chi connectivity index (χ4n) is 4.33. The Bertz CT molecular complexity index is 1280. The molecule has 2 aromatic carbocycles. The highest BCUT2D eigenvalue weighted by atomic mass is 32.2. The van der Waals surface area contributed by atoms with E-state index in [0.717, 1.165) is 41.9 Å². The van der Waals surface area contributed by atoms with Crippen LogP contribution in [0.15, 0.2) is 47.4 Å². The van der Waals surface area contributed by atoms with E-state index in [1.807, 2.05) is 25.1 Å². The van der Waals surface area contributed by atoms with E-state index < -0.39 is 10.0 Å². The summed E-state index contributed by atoms with van der Waals surface area (Å²) in [6, 6.07) is 12.0. The quantitative estimate of drug-likeness (QED) is 0.364. The summed E-state index contributed by atoms with van der Waals surface area (Å²) in [6.45, 7) is 10.8. The van der Waals surface area contributed by atoms with Crippen LogP contribution in [0.3, 0.4) is 0 Å². The Morgan fingerprint density at radius 1 is 1.03 bits per heavy atom. The first-order valence-corrected chi connectivity index (χ1v) is 14.8. The number of carbonyl (C=O) groups excluding carboxylic acids is 1. The molecule has 0 radical (unpaired) electrons. The highest BCUT2D eigenvalue weighted by Crippen LogP contribution is 2.32. The van der Waals surface area contributed by atoms with Gasteiger partial charge in [-0.25, -0.2) is 13.4 Å². The molecule has 0 aliphatic carbocycles. The summed E-state index contributed by atoms with van der Waals surface area (Å²) in [6.07, 6.45) is 1.76. The molecule has 0 bridgehead atoms. The van der Waals surface area contributed by atoms with E-state index in [9.17, 15) is 13.2 Å². The smallest absolute Gasteiger partial charge is 0.260 e. The Morgan fingerprint density at radius 3 is 2.36 bits per heavy atom. The maximum atomic E-state index is 13.7. The van der Waals surface area contributed by atoms with Crippen LogP contribution in [0.2, 0.25) is 0 Å². The maximum Gasteiger partial charge on any atom is 0.260 e. The standard InChI is InChI=1S/C26H34N4O4S2/c1-4-28(5-2)17-18-30(26-27-23-14-11-21(34-6-3)19-24(23)35-26)25(31)20-9-12-22(13-10-20)36(32,33)29-15-7-8-16-29/h9-14,19H,4-8,15-18H2,1-3H3. The first kappa shape index (κ1) is 26.5. The van der Waals surface area contributed by atoms with Gasteiger partial charge in [0.1, 0.15) is 5.75 Å². The van der Waals surface area contributed by atoms with Crippen LogP contribution < -0.4 is 9.64 Å². The third-order valence-electron chi connectivity index (χ3n) is 6.47. The zero-order valence-corrected chi connectivity index (χ0v) is 22.8. The molecule has 0 unspecified atom stereocenters. The lowest BCUT2D eigenvalue weighted by Gasteiger charge is -2.25. The van der Waals surface area contributed by atoms with E-state index in [2.05, 4.69) is 18.7 Å². The van der Waals surface area contributed by atoms with Crippen molar-refractivity contribution in [2.45, 2.75) is 38.5 Å². The molecule has 8 nitrogen and oxygen atoms in total. The van der Waals surface area contributed by atoms with Crippen molar-refractivity contribution in [3.8, 4) is 5.75 Å². The van der Waals surface area contributed by atoms with Gasteiger partial charge in [-0.2, -0.15) is 4.31 Å². The Morgan fingerprint density at radius 2 is 1.72 bits per heavy atom. The number of likely N-dealkylation sites (N-methyl/N-ethyl adjacent to an activating group) is 1. The van der Waals surface area contributed by atoms with Crippen molar-refractivity contribution in [2.24, 2.45) is 0 Å². The monoisotopic (exact) mass is 530 g/mol. The first-order chi connectivity index (χ1) is 17.4. The average molecular weight is 531 g/mol. The average Bonchev–Trinajstić information content (AvgIpc) is 3.57. The Labute approximate surface area is 217 Å². The lowest BCUT2D eigenvalue weighted by molar-refractivity contribution is 0.0983. The molecule has 1 amide bonds. The summed E-state index contributed by atoms with van der Waals surface area (Å²) < 4.78 is 33.9. The number of aromatic nitrogens is 1. The number of carbonyl (C=O) groups is 1. The minimum Gasteiger partial charge on any atom is -0.494 e. The van der Waals surface area contributed by atoms with Crippen molar-refractivity contribution in [3.63, 3.8) is 0 Å². The molecule has 0 saturated carbocycles. The topological polar surface area (TPSA) is 83.0 Å². The molecule has 1 fully saturated rings. The number of hydrogen-bond donors (Lipinski definition) is 0. The number of benzene rings is 2. The summed E-state index contributed by atoms with van der Waals surface area (Å²) in [7, 11) is -3.53. The first-order valence-electron chi connectivity index (χ1n) is 12.5. The third-order valence-corrected chi connectivity index (χ3v) is 9.43. The molecule has 1 aromatic heterocycles. The highest BCUT2D eigenvalue weighted by molar-refractivity contribution is 7.89. The molecule has 10 heteroatoms. The number of thiazole rings is 1. The summed E-state index contributed by atoms with van der Waals surface area (Å²) in [5.41, 5.74) is 1.25. The van der Waals surface area contributed by atoms with E-state index in [1.165, 1.54) is 27.8 Å². The van der Waals surface area contributed by atoms with E-state index in [0.29, 0.717) is 43.5 Å². The van der Waals surface area contributed by atoms with Crippen LogP contribution in [0.25, 0.3) is 10.2 Å². The van der Waals surface area contributed by atoms with Gasteiger partial charge in [0.05, 0.1) is 21.7 Å². The van der Waals surface area contributed by atoms with Crippen LogP contribution in [0.5, 0.6) is 5.75 Å². The number of anilines is 1. The van der Waals surface area contributed by atoms with Crippen molar-refractivity contribution in [1.29, 1.82) is 0 Å². The molecule has 0 N–H and O–H groups in total. The van der Waals surface area contributed by atoms with E-state index in [1.54, 1.807) is 17.0 Å². The SMILES string of the molecule is CCOc1ccc2nc(N(CCN(CC)CC)C(=O)c3ccc(S(=O)(=O)N4CCCC4)cc3)sc2c1. The van der Waals surface area contributed by atoms with Gasteiger partial charge >= 0.3 is 0 Å². The van der Waals surface area contributed by atoms with Crippen molar-refractivity contribution in [3.05, 3.63) is 48.0 Å². The molecule has 2 heterocycles. The van der Waals surface area contributed by atoms with Crippen LogP contribution >= 0.6 is 11.3 Å². The van der Waals surface area contributed by atoms with Gasteiger partial charge in [0, 0.05) is 31.7 Å². The van der Waals surface area contributed by atoms with Gasteiger partial charge in [0.25, 0.3) is 5.91 Å². The van der Waals surface area contributed by atoms with Crippen molar-refractivity contribution >= 4 is 42.6 Å². The summed E-state index contributed by atoms with van der Waals surface area (Å²) in [5.74, 6) is 0.576. The summed E-state index contributed by atoms with van der Waals surface area (Å²) in [5, 5.41) is 0.615. The minimum absolute atomic E-state index is 0.198. The van der Waals surface area contributed by atoms with Crippen LogP contribution in [-0.4, -0.2) is 74.4 Å². The van der Waals surface area contributed by atoms with E-state index in [-0.39, 0.29) is 10.8 Å². The predicted molar refractivity (Wildman–Crippen MR) is 145 cm³/mol. The van der Waals surface area contributed by atoms with Gasteiger partial charge in [-0.3, -0.25) is 9.69 Å². The summed E-state index contributed by atoms with van der Waals surface area (Å²) in [4.78, 5) is 22.6. The number of sulfonamides is 1. The second kappa shape index (κ2) is 11.7. The van der Waals surface area contributed by atoms with Crippen molar-refractivity contribution in [1.82, 2.24) is 14.2 Å². The van der Waals surface area contributed by atoms with E-state index in [4.69, 9.17) is 9.72 Å². The van der Waals surface area contributed by atoms with Crippen LogP contribution in [0.1, 0.15) is 44.0 Å². The normalized spacial score (nSPS) is 14.6. The Hall–Kier alpha value is -2.53. The van der Waals surface area contributed by atoms with Crippen molar-refractivity contribution < 1.29 is 17.9 Å². The number of amides is 1. The zero-order valence-electron chi connectivity index (χ0n) is 21.1. The van der Waals surface area contributed by atoms with Gasteiger partial charge in [0.2, 0.25) is 10.0 Å². The largest absolute Gasteiger partial charge is 0.494 e. The molecule has 4 rings (SSSR count). The molecule has 36 heavy (non-hydrogen) atoms. The minimum atomic E-state index is -3.53. The maximum absolute atomic E-state index is 13.7. The van der Waals surface area contributed by atoms with Gasteiger partial charge in [-0.05, 0) is 75.3 Å². The molecule has 0 atom stereocenters. The second-order valence-corrected chi connectivity index (χ2v) is 11.6. The van der Waals surface area contributed by atoms with Gasteiger partial charge in [0.15, 0.2) is 5.13 Å². The fraction of sp³-hybridized carbons (Fsp3) is 0.462. The highest BCUT2D eigenvalue weighted by Gasteiger charge is 2.28. The number of ether oxygens (including phenoxy) is 1. The lowest BCUT2D eigenvalue weighted by atomic mass is 10.2. The number of rotatable bonds is 11. The second-order valence-electron chi connectivity index (χ2n) is 8.68. The molecule has 0 spiro atoms. The van der Waals surface area contributed by atoms with E-state index >= 15 is 0 Å². The van der Waals surface area contributed by atoms with Crippen molar-refractivity contribution in [2.75, 3.05) is 50.8 Å². The lowest BCUT2D eigenvalue weighted by Crippen LogP contribution is -2.38. The van der Waals surface area contributed by atoms with Crippen LogP contribution in [0.4, 0.5) is 5.13 Å². The van der Waals surface area contributed by atoms with Gasteiger partial charge in [-0.1, -0.05) is 25.2 Å². The fourth-order valence-corrected chi connectivity index (χ4v) is 6.87. The Balaban J connectivity index is 1.62. The van der Waals surface area contributed by atoms with Crippen LogP contribution in [-0.2, 0) is 10.0 Å². The molecular weight excluding hydrogens is 496 g/mol. The molecule has 1 aliphatic rings. The molecule has 3 aromatic rings. The number of fused-ring (bicyclic) bond motifs is 1. The van der Waals surface area contributed by atoms with Gasteiger partial charge < -0.3 is 9.64 Å². The molecular formula is C26H34N4O4S2. The zero-order chi connectivity index (χ0) is 25.7. The third kappa shape index (κ3) is 5.72. The number of hydrogen-bond acceptors (Lipinski definition) is 7. The molecule has 194 valence electrons. The van der Waals surface area contributed by atoms with Crippen LogP contribution in [0, 0.1) is 0 Å². The summed E-state index contributed by atoms with van der Waals surface area (Å²) >= 11 is 1.45.